The van der Waals surface area contributed by atoms with Crippen LogP contribution in [-0.2, 0) is 6.18 Å². The number of hydrogen-bond acceptors (Lipinski definition) is 2. The molecule has 1 aromatic carbocycles. The summed E-state index contributed by atoms with van der Waals surface area (Å²) in [6, 6.07) is 4.47. The lowest BCUT2D eigenvalue weighted by Gasteiger charge is -2.36. The number of alkyl halides is 3. The highest BCUT2D eigenvalue weighted by Crippen LogP contribution is 2.36. The van der Waals surface area contributed by atoms with E-state index in [2.05, 4.69) is 10.2 Å². The number of anilines is 1. The summed E-state index contributed by atoms with van der Waals surface area (Å²) in [6.45, 7) is 4.30. The Bertz CT molecular complexity index is 494. The molecule has 0 bridgehead atoms. The minimum absolute atomic E-state index is 0.428. The number of rotatable bonds is 2. The summed E-state index contributed by atoms with van der Waals surface area (Å²) in [7, 11) is 0. The fraction of sp³-hybridized carbons (Fsp3) is 0.600. The number of aryl methyl sites for hydroxylation is 1. The molecule has 1 aromatic rings. The summed E-state index contributed by atoms with van der Waals surface area (Å²) in [5.74, 6) is 0.712. The molecule has 3 rings (SSSR count). The molecule has 1 saturated heterocycles. The van der Waals surface area contributed by atoms with Gasteiger partial charge in [-0.05, 0) is 43.4 Å². The van der Waals surface area contributed by atoms with Crippen LogP contribution in [0.1, 0.15) is 24.0 Å². The highest BCUT2D eigenvalue weighted by atomic mass is 19.4. The number of piperazine rings is 1. The Labute approximate surface area is 117 Å². The molecule has 1 aliphatic carbocycles. The van der Waals surface area contributed by atoms with E-state index < -0.39 is 11.7 Å². The van der Waals surface area contributed by atoms with Crippen molar-refractivity contribution in [2.75, 3.05) is 24.5 Å². The van der Waals surface area contributed by atoms with Gasteiger partial charge in [-0.1, -0.05) is 6.07 Å². The zero-order valence-corrected chi connectivity index (χ0v) is 11.5. The van der Waals surface area contributed by atoms with Crippen LogP contribution in [0.15, 0.2) is 18.2 Å². The van der Waals surface area contributed by atoms with Crippen LogP contribution in [0.2, 0.25) is 0 Å². The van der Waals surface area contributed by atoms with Crippen LogP contribution in [0.25, 0.3) is 0 Å². The lowest BCUT2D eigenvalue weighted by Crippen LogP contribution is -2.52. The molecule has 1 aliphatic heterocycles. The zero-order valence-electron chi connectivity index (χ0n) is 11.5. The molecule has 1 unspecified atom stereocenters. The molecule has 0 amide bonds. The number of halogens is 3. The summed E-state index contributed by atoms with van der Waals surface area (Å²) in [5.41, 5.74) is 1.08. The normalized spacial score (nSPS) is 24.0. The van der Waals surface area contributed by atoms with Crippen molar-refractivity contribution in [3.8, 4) is 0 Å². The predicted molar refractivity (Wildman–Crippen MR) is 72.9 cm³/mol. The van der Waals surface area contributed by atoms with Crippen LogP contribution < -0.4 is 10.2 Å². The van der Waals surface area contributed by atoms with E-state index in [0.717, 1.165) is 30.9 Å². The van der Waals surface area contributed by atoms with Gasteiger partial charge in [0.05, 0.1) is 5.56 Å². The summed E-state index contributed by atoms with van der Waals surface area (Å²) >= 11 is 0. The largest absolute Gasteiger partial charge is 0.416 e. The SMILES string of the molecule is Cc1ccc(C(F)(F)F)cc1N1CCNC(C2CC2)C1. The third-order valence-electron chi connectivity index (χ3n) is 4.27. The van der Waals surface area contributed by atoms with Gasteiger partial charge < -0.3 is 10.2 Å². The van der Waals surface area contributed by atoms with Crippen molar-refractivity contribution < 1.29 is 13.2 Å². The second-order valence-corrected chi connectivity index (χ2v) is 5.84. The van der Waals surface area contributed by atoms with Crippen LogP contribution in [0.4, 0.5) is 18.9 Å². The quantitative estimate of drug-likeness (QED) is 0.897. The van der Waals surface area contributed by atoms with Gasteiger partial charge in [-0.15, -0.1) is 0 Å². The van der Waals surface area contributed by atoms with Crippen LogP contribution in [-0.4, -0.2) is 25.7 Å². The Morgan fingerprint density at radius 3 is 2.65 bits per heavy atom. The molecule has 110 valence electrons. The highest BCUT2D eigenvalue weighted by molar-refractivity contribution is 5.56. The van der Waals surface area contributed by atoms with Crippen LogP contribution >= 0.6 is 0 Å². The monoisotopic (exact) mass is 284 g/mol. The highest BCUT2D eigenvalue weighted by Gasteiger charge is 2.35. The maximum atomic E-state index is 12.9. The number of benzene rings is 1. The Balaban J connectivity index is 1.84. The van der Waals surface area contributed by atoms with Gasteiger partial charge in [-0.2, -0.15) is 13.2 Å². The van der Waals surface area contributed by atoms with Crippen LogP contribution in [0.5, 0.6) is 0 Å². The summed E-state index contributed by atoms with van der Waals surface area (Å²) in [5, 5.41) is 3.48. The topological polar surface area (TPSA) is 15.3 Å². The molecule has 2 aliphatic rings. The standard InChI is InChI=1S/C15H19F3N2/c1-10-2-5-12(15(16,17)18)8-14(10)20-7-6-19-13(9-20)11-3-4-11/h2,5,8,11,13,19H,3-4,6-7,9H2,1H3. The van der Waals surface area contributed by atoms with Crippen molar-refractivity contribution >= 4 is 5.69 Å². The average Bonchev–Trinajstić information content (AvgIpc) is 3.22. The molecule has 0 spiro atoms. The second kappa shape index (κ2) is 4.95. The summed E-state index contributed by atoms with van der Waals surface area (Å²) < 4.78 is 38.6. The molecular weight excluding hydrogens is 265 g/mol. The Morgan fingerprint density at radius 2 is 2.00 bits per heavy atom. The first-order valence-electron chi connectivity index (χ1n) is 7.11. The zero-order chi connectivity index (χ0) is 14.3. The molecule has 0 radical (unpaired) electrons. The Hall–Kier alpha value is -1.23. The minimum atomic E-state index is -4.27. The molecular formula is C15H19F3N2. The molecule has 2 fully saturated rings. The van der Waals surface area contributed by atoms with E-state index in [4.69, 9.17) is 0 Å². The second-order valence-electron chi connectivity index (χ2n) is 5.84. The third-order valence-corrected chi connectivity index (χ3v) is 4.27. The summed E-state index contributed by atoms with van der Waals surface area (Å²) in [4.78, 5) is 2.10. The maximum absolute atomic E-state index is 12.9. The van der Waals surface area contributed by atoms with Gasteiger partial charge in [0.25, 0.3) is 0 Å². The first-order chi connectivity index (χ1) is 9.45. The van der Waals surface area contributed by atoms with Gasteiger partial charge >= 0.3 is 6.18 Å². The van der Waals surface area contributed by atoms with E-state index in [1.54, 1.807) is 6.07 Å². The number of hydrogen-bond donors (Lipinski definition) is 1. The van der Waals surface area contributed by atoms with Gasteiger partial charge in [-0.25, -0.2) is 0 Å². The van der Waals surface area contributed by atoms with Gasteiger partial charge in [0.2, 0.25) is 0 Å². The molecule has 1 saturated carbocycles. The molecule has 2 nitrogen and oxygen atoms in total. The van der Waals surface area contributed by atoms with Crippen LogP contribution in [0, 0.1) is 12.8 Å². The van der Waals surface area contributed by atoms with E-state index in [0.29, 0.717) is 12.0 Å². The predicted octanol–water partition coefficient (Wildman–Crippen LogP) is 3.20. The van der Waals surface area contributed by atoms with E-state index >= 15 is 0 Å². The van der Waals surface area contributed by atoms with Crippen molar-refractivity contribution in [1.82, 2.24) is 5.32 Å². The first-order valence-corrected chi connectivity index (χ1v) is 7.11. The summed E-state index contributed by atoms with van der Waals surface area (Å²) in [6.07, 6.45) is -1.79. The van der Waals surface area contributed by atoms with Crippen molar-refractivity contribution in [3.63, 3.8) is 0 Å². The van der Waals surface area contributed by atoms with Gasteiger partial charge in [-0.3, -0.25) is 0 Å². The Kier molecular flexibility index (Phi) is 3.40. The van der Waals surface area contributed by atoms with Crippen molar-refractivity contribution in [3.05, 3.63) is 29.3 Å². The maximum Gasteiger partial charge on any atom is 0.416 e. The smallest absolute Gasteiger partial charge is 0.368 e. The molecule has 5 heteroatoms. The molecule has 1 heterocycles. The van der Waals surface area contributed by atoms with Crippen molar-refractivity contribution in [2.24, 2.45) is 5.92 Å². The fourth-order valence-corrected chi connectivity index (χ4v) is 2.94. The average molecular weight is 284 g/mol. The van der Waals surface area contributed by atoms with Crippen molar-refractivity contribution in [2.45, 2.75) is 32.0 Å². The third kappa shape index (κ3) is 2.77. The first kappa shape index (κ1) is 13.7. The molecule has 1 atom stereocenters. The number of nitrogens with one attached hydrogen (secondary N) is 1. The van der Waals surface area contributed by atoms with Crippen LogP contribution in [0.3, 0.4) is 0 Å². The molecule has 0 aromatic heterocycles. The van der Waals surface area contributed by atoms with Crippen molar-refractivity contribution in [1.29, 1.82) is 0 Å². The lowest BCUT2D eigenvalue weighted by molar-refractivity contribution is -0.137. The van der Waals surface area contributed by atoms with E-state index in [1.807, 2.05) is 6.92 Å². The fourth-order valence-electron chi connectivity index (χ4n) is 2.94. The van der Waals surface area contributed by atoms with E-state index in [1.165, 1.54) is 25.0 Å². The van der Waals surface area contributed by atoms with Gasteiger partial charge in [0, 0.05) is 31.4 Å². The van der Waals surface area contributed by atoms with E-state index in [9.17, 15) is 13.2 Å². The number of nitrogens with zero attached hydrogens (tertiary/aromatic N) is 1. The molecule has 1 N–H and O–H groups in total. The minimum Gasteiger partial charge on any atom is -0.368 e. The molecule has 20 heavy (non-hydrogen) atoms. The van der Waals surface area contributed by atoms with Gasteiger partial charge in [0.15, 0.2) is 0 Å². The Morgan fingerprint density at radius 1 is 1.25 bits per heavy atom. The van der Waals surface area contributed by atoms with Gasteiger partial charge in [0.1, 0.15) is 0 Å². The lowest BCUT2D eigenvalue weighted by atomic mass is 10.0. The van der Waals surface area contributed by atoms with E-state index in [-0.39, 0.29) is 0 Å².